The predicted molar refractivity (Wildman–Crippen MR) is 80.1 cm³/mol. The first-order valence-electron chi connectivity index (χ1n) is 7.21. The summed E-state index contributed by atoms with van der Waals surface area (Å²) < 4.78 is 0. The van der Waals surface area contributed by atoms with Gasteiger partial charge in [-0.2, -0.15) is 0 Å². The van der Waals surface area contributed by atoms with Gasteiger partial charge in [-0.1, -0.05) is 25.3 Å². The van der Waals surface area contributed by atoms with Crippen LogP contribution in [-0.4, -0.2) is 30.6 Å². The van der Waals surface area contributed by atoms with Crippen LogP contribution in [0.2, 0.25) is 0 Å². The number of nitrogens with zero attached hydrogens (tertiary/aromatic N) is 1. The van der Waals surface area contributed by atoms with Crippen LogP contribution in [0.1, 0.15) is 43.9 Å². The zero-order valence-electron chi connectivity index (χ0n) is 11.7. The molecule has 1 fully saturated rings. The molecular weight excluding hydrogens is 240 g/mol. The minimum Gasteiger partial charge on any atom is -0.312 e. The summed E-state index contributed by atoms with van der Waals surface area (Å²) in [4.78, 5) is 3.91. The van der Waals surface area contributed by atoms with Gasteiger partial charge >= 0.3 is 0 Å². The Morgan fingerprint density at radius 1 is 1.39 bits per heavy atom. The Morgan fingerprint density at radius 3 is 2.83 bits per heavy atom. The summed E-state index contributed by atoms with van der Waals surface area (Å²) in [5, 5.41) is 5.90. The van der Waals surface area contributed by atoms with E-state index in [1.165, 1.54) is 37.0 Å². The molecule has 0 aliphatic heterocycles. The molecule has 1 aliphatic carbocycles. The van der Waals surface area contributed by atoms with E-state index in [-0.39, 0.29) is 0 Å². The minimum atomic E-state index is 0.606. The molecular formula is C15H26N2S. The van der Waals surface area contributed by atoms with Crippen molar-refractivity contribution in [2.24, 2.45) is 0 Å². The summed E-state index contributed by atoms with van der Waals surface area (Å²) in [6.07, 6.45) is 7.02. The van der Waals surface area contributed by atoms with E-state index in [4.69, 9.17) is 0 Å². The second-order valence-electron chi connectivity index (χ2n) is 5.59. The van der Waals surface area contributed by atoms with E-state index in [2.05, 4.69) is 41.7 Å². The lowest BCUT2D eigenvalue weighted by atomic mass is 9.95. The number of likely N-dealkylation sites (N-methyl/N-ethyl adjacent to an activating group) is 1. The molecule has 0 spiro atoms. The van der Waals surface area contributed by atoms with Gasteiger partial charge in [0.15, 0.2) is 0 Å². The van der Waals surface area contributed by atoms with Crippen molar-refractivity contribution in [2.45, 2.75) is 57.7 Å². The standard InChI is InChI=1S/C15H26N2S/c1-13(11-16-14-7-4-3-5-8-14)17(2)12-15-9-6-10-18-15/h6,9-10,13-14,16H,3-5,7-8,11-12H2,1-2H3. The van der Waals surface area contributed by atoms with Gasteiger partial charge < -0.3 is 5.32 Å². The average molecular weight is 266 g/mol. The molecule has 1 saturated carbocycles. The molecule has 1 aromatic heterocycles. The summed E-state index contributed by atoms with van der Waals surface area (Å²) in [6, 6.07) is 5.74. The van der Waals surface area contributed by atoms with Crippen molar-refractivity contribution in [3.8, 4) is 0 Å². The fourth-order valence-corrected chi connectivity index (χ4v) is 3.37. The maximum Gasteiger partial charge on any atom is 0.0328 e. The third-order valence-corrected chi connectivity index (χ3v) is 4.91. The third kappa shape index (κ3) is 4.38. The molecule has 1 atom stereocenters. The van der Waals surface area contributed by atoms with Crippen LogP contribution in [-0.2, 0) is 6.54 Å². The minimum absolute atomic E-state index is 0.606. The largest absolute Gasteiger partial charge is 0.312 e. The predicted octanol–water partition coefficient (Wildman–Crippen LogP) is 3.49. The summed E-state index contributed by atoms with van der Waals surface area (Å²) in [7, 11) is 2.23. The van der Waals surface area contributed by atoms with Crippen LogP contribution >= 0.6 is 11.3 Å². The van der Waals surface area contributed by atoms with Crippen LogP contribution in [0.15, 0.2) is 17.5 Å². The molecule has 1 aromatic rings. The maximum absolute atomic E-state index is 3.74. The molecule has 0 amide bonds. The van der Waals surface area contributed by atoms with E-state index in [9.17, 15) is 0 Å². The van der Waals surface area contributed by atoms with Crippen LogP contribution < -0.4 is 5.32 Å². The van der Waals surface area contributed by atoms with Gasteiger partial charge in [-0.05, 0) is 38.3 Å². The van der Waals surface area contributed by atoms with Gasteiger partial charge in [0, 0.05) is 30.1 Å². The normalized spacial score (nSPS) is 19.3. The van der Waals surface area contributed by atoms with Crippen molar-refractivity contribution >= 4 is 11.3 Å². The van der Waals surface area contributed by atoms with Crippen molar-refractivity contribution in [3.05, 3.63) is 22.4 Å². The molecule has 3 heteroatoms. The second-order valence-corrected chi connectivity index (χ2v) is 6.62. The molecule has 18 heavy (non-hydrogen) atoms. The van der Waals surface area contributed by atoms with E-state index < -0.39 is 0 Å². The topological polar surface area (TPSA) is 15.3 Å². The summed E-state index contributed by atoms with van der Waals surface area (Å²) >= 11 is 1.85. The second kappa shape index (κ2) is 7.27. The van der Waals surface area contributed by atoms with Gasteiger partial charge in [0.2, 0.25) is 0 Å². The van der Waals surface area contributed by atoms with Crippen molar-refractivity contribution in [3.63, 3.8) is 0 Å². The smallest absolute Gasteiger partial charge is 0.0328 e. The Balaban J connectivity index is 1.68. The Kier molecular flexibility index (Phi) is 5.67. The highest BCUT2D eigenvalue weighted by Crippen LogP contribution is 2.17. The number of hydrogen-bond acceptors (Lipinski definition) is 3. The van der Waals surface area contributed by atoms with Crippen LogP contribution in [0.4, 0.5) is 0 Å². The molecule has 0 aromatic carbocycles. The lowest BCUT2D eigenvalue weighted by Crippen LogP contribution is -2.42. The maximum atomic E-state index is 3.74. The SMILES string of the molecule is CC(CNC1CCCCC1)N(C)Cc1cccs1. The third-order valence-electron chi connectivity index (χ3n) is 4.04. The van der Waals surface area contributed by atoms with Gasteiger partial charge in [-0.25, -0.2) is 0 Å². The molecule has 1 heterocycles. The first-order chi connectivity index (χ1) is 8.75. The van der Waals surface area contributed by atoms with Crippen molar-refractivity contribution in [2.75, 3.05) is 13.6 Å². The van der Waals surface area contributed by atoms with Crippen molar-refractivity contribution < 1.29 is 0 Å². The lowest BCUT2D eigenvalue weighted by Gasteiger charge is -2.28. The van der Waals surface area contributed by atoms with Crippen molar-refractivity contribution in [1.29, 1.82) is 0 Å². The van der Waals surface area contributed by atoms with E-state index in [1.54, 1.807) is 0 Å². The molecule has 1 aliphatic rings. The Hall–Kier alpha value is -0.380. The zero-order valence-corrected chi connectivity index (χ0v) is 12.5. The highest BCUT2D eigenvalue weighted by atomic mass is 32.1. The molecule has 0 radical (unpaired) electrons. The fourth-order valence-electron chi connectivity index (χ4n) is 2.60. The van der Waals surface area contributed by atoms with Gasteiger partial charge in [-0.15, -0.1) is 11.3 Å². The van der Waals surface area contributed by atoms with E-state index in [1.807, 2.05) is 11.3 Å². The van der Waals surface area contributed by atoms with Crippen LogP contribution in [0.5, 0.6) is 0 Å². The summed E-state index contributed by atoms with van der Waals surface area (Å²) in [6.45, 7) is 4.52. The molecule has 1 N–H and O–H groups in total. The van der Waals surface area contributed by atoms with Crippen LogP contribution in [0.3, 0.4) is 0 Å². The van der Waals surface area contributed by atoms with E-state index in [0.717, 1.165) is 19.1 Å². The Bertz CT molecular complexity index is 317. The molecule has 102 valence electrons. The average Bonchev–Trinajstić information content (AvgIpc) is 2.90. The number of nitrogens with one attached hydrogen (secondary N) is 1. The number of rotatable bonds is 6. The molecule has 0 bridgehead atoms. The van der Waals surface area contributed by atoms with Crippen LogP contribution in [0.25, 0.3) is 0 Å². The van der Waals surface area contributed by atoms with Gasteiger partial charge in [0.1, 0.15) is 0 Å². The van der Waals surface area contributed by atoms with E-state index >= 15 is 0 Å². The van der Waals surface area contributed by atoms with Crippen molar-refractivity contribution in [1.82, 2.24) is 10.2 Å². The number of hydrogen-bond donors (Lipinski definition) is 1. The van der Waals surface area contributed by atoms with Gasteiger partial charge in [0.25, 0.3) is 0 Å². The molecule has 2 rings (SSSR count). The Labute approximate surface area is 115 Å². The Morgan fingerprint density at radius 2 is 2.17 bits per heavy atom. The first kappa shape index (κ1) is 14.0. The zero-order chi connectivity index (χ0) is 12.8. The van der Waals surface area contributed by atoms with E-state index in [0.29, 0.717) is 6.04 Å². The quantitative estimate of drug-likeness (QED) is 0.848. The fraction of sp³-hybridized carbons (Fsp3) is 0.733. The monoisotopic (exact) mass is 266 g/mol. The lowest BCUT2D eigenvalue weighted by molar-refractivity contribution is 0.231. The summed E-state index contributed by atoms with van der Waals surface area (Å²) in [5.41, 5.74) is 0. The highest BCUT2D eigenvalue weighted by molar-refractivity contribution is 7.09. The van der Waals surface area contributed by atoms with Gasteiger partial charge in [-0.3, -0.25) is 4.90 Å². The molecule has 0 saturated heterocycles. The molecule has 2 nitrogen and oxygen atoms in total. The van der Waals surface area contributed by atoms with Gasteiger partial charge in [0.05, 0.1) is 0 Å². The van der Waals surface area contributed by atoms with Crippen LogP contribution in [0, 0.1) is 0 Å². The summed E-state index contributed by atoms with van der Waals surface area (Å²) in [5.74, 6) is 0. The first-order valence-corrected chi connectivity index (χ1v) is 8.09. The highest BCUT2D eigenvalue weighted by Gasteiger charge is 2.15. The number of thiophene rings is 1. The molecule has 1 unspecified atom stereocenters.